The number of amides is 1. The summed E-state index contributed by atoms with van der Waals surface area (Å²) in [6, 6.07) is 8.19. The molecule has 0 bridgehead atoms. The second-order valence-corrected chi connectivity index (χ2v) is 6.30. The Kier molecular flexibility index (Phi) is 6.39. The van der Waals surface area contributed by atoms with Crippen molar-refractivity contribution < 1.29 is 14.7 Å². The summed E-state index contributed by atoms with van der Waals surface area (Å²) in [6.07, 6.45) is 7.14. The standard InChI is InChI=1S/C19H25NO3/c1-15-7-9-16(10-8-15)4-2-6-18(21)20-13-3-5-17(14-20)11-12-19(22)23/h2,4,7-10,17H,3,5-6,11-14H2,1H3,(H,22,23)/b4-2+. The van der Waals surface area contributed by atoms with Gasteiger partial charge in [0.05, 0.1) is 0 Å². The van der Waals surface area contributed by atoms with Gasteiger partial charge in [-0.2, -0.15) is 0 Å². The van der Waals surface area contributed by atoms with E-state index in [1.54, 1.807) is 0 Å². The molecule has 23 heavy (non-hydrogen) atoms. The zero-order chi connectivity index (χ0) is 16.7. The minimum Gasteiger partial charge on any atom is -0.481 e. The molecule has 4 heteroatoms. The summed E-state index contributed by atoms with van der Waals surface area (Å²) < 4.78 is 0. The molecule has 1 aliphatic heterocycles. The summed E-state index contributed by atoms with van der Waals surface area (Å²) in [6.45, 7) is 3.54. The van der Waals surface area contributed by atoms with E-state index in [1.165, 1.54) is 5.56 Å². The van der Waals surface area contributed by atoms with Crippen LogP contribution < -0.4 is 0 Å². The summed E-state index contributed by atoms with van der Waals surface area (Å²) >= 11 is 0. The van der Waals surface area contributed by atoms with Crippen LogP contribution in [-0.2, 0) is 9.59 Å². The molecule has 1 fully saturated rings. The highest BCUT2D eigenvalue weighted by Crippen LogP contribution is 2.21. The Bertz CT molecular complexity index is 562. The van der Waals surface area contributed by atoms with Crippen LogP contribution in [0.4, 0.5) is 0 Å². The third-order valence-corrected chi connectivity index (χ3v) is 4.32. The van der Waals surface area contributed by atoms with Gasteiger partial charge in [-0.05, 0) is 37.7 Å². The number of carboxylic acid groups (broad SMARTS) is 1. The molecule has 124 valence electrons. The summed E-state index contributed by atoms with van der Waals surface area (Å²) in [4.78, 5) is 24.8. The Hall–Kier alpha value is -2.10. The molecule has 1 heterocycles. The number of aryl methyl sites for hydroxylation is 1. The first-order valence-corrected chi connectivity index (χ1v) is 8.27. The summed E-state index contributed by atoms with van der Waals surface area (Å²) in [5.41, 5.74) is 2.32. The van der Waals surface area contributed by atoms with E-state index in [9.17, 15) is 9.59 Å². The Balaban J connectivity index is 1.80. The Morgan fingerprint density at radius 1 is 1.30 bits per heavy atom. The van der Waals surface area contributed by atoms with E-state index < -0.39 is 5.97 Å². The fourth-order valence-corrected chi connectivity index (χ4v) is 2.96. The molecule has 1 aromatic carbocycles. The third-order valence-electron chi connectivity index (χ3n) is 4.32. The van der Waals surface area contributed by atoms with Gasteiger partial charge in [0.1, 0.15) is 0 Å². The zero-order valence-corrected chi connectivity index (χ0v) is 13.7. The van der Waals surface area contributed by atoms with Crippen molar-refractivity contribution in [1.82, 2.24) is 4.90 Å². The first-order valence-electron chi connectivity index (χ1n) is 8.27. The van der Waals surface area contributed by atoms with Crippen molar-refractivity contribution >= 4 is 18.0 Å². The molecule has 0 radical (unpaired) electrons. The van der Waals surface area contributed by atoms with Gasteiger partial charge in [0.25, 0.3) is 0 Å². The average Bonchev–Trinajstić information content (AvgIpc) is 2.55. The molecule has 1 unspecified atom stereocenters. The Morgan fingerprint density at radius 3 is 2.74 bits per heavy atom. The van der Waals surface area contributed by atoms with Crippen LogP contribution in [-0.4, -0.2) is 35.0 Å². The van der Waals surface area contributed by atoms with Crippen molar-refractivity contribution in [1.29, 1.82) is 0 Å². The minimum atomic E-state index is -0.755. The first kappa shape index (κ1) is 17.3. The van der Waals surface area contributed by atoms with Crippen molar-refractivity contribution in [3.05, 3.63) is 41.5 Å². The fraction of sp³-hybridized carbons (Fsp3) is 0.474. The molecule has 0 aliphatic carbocycles. The summed E-state index contributed by atoms with van der Waals surface area (Å²) in [7, 11) is 0. The van der Waals surface area contributed by atoms with Gasteiger partial charge in [0.2, 0.25) is 5.91 Å². The van der Waals surface area contributed by atoms with E-state index in [0.29, 0.717) is 25.3 Å². The number of carbonyl (C=O) groups excluding carboxylic acids is 1. The zero-order valence-electron chi connectivity index (χ0n) is 13.7. The van der Waals surface area contributed by atoms with Gasteiger partial charge in [-0.1, -0.05) is 42.0 Å². The van der Waals surface area contributed by atoms with Gasteiger partial charge in [0.15, 0.2) is 0 Å². The predicted octanol–water partition coefficient (Wildman–Crippen LogP) is 3.50. The molecule has 1 aromatic rings. The minimum absolute atomic E-state index is 0.133. The maximum atomic E-state index is 12.3. The average molecular weight is 315 g/mol. The van der Waals surface area contributed by atoms with Gasteiger partial charge in [-0.15, -0.1) is 0 Å². The fourth-order valence-electron chi connectivity index (χ4n) is 2.96. The normalized spacial score (nSPS) is 18.3. The molecular formula is C19H25NO3. The van der Waals surface area contributed by atoms with Crippen molar-refractivity contribution in [2.45, 2.75) is 39.0 Å². The van der Waals surface area contributed by atoms with Crippen molar-refractivity contribution in [2.75, 3.05) is 13.1 Å². The second kappa shape index (κ2) is 8.51. The number of benzene rings is 1. The SMILES string of the molecule is Cc1ccc(/C=C/CC(=O)N2CCCC(CCC(=O)O)C2)cc1. The highest BCUT2D eigenvalue weighted by atomic mass is 16.4. The number of hydrogen-bond donors (Lipinski definition) is 1. The molecule has 1 aliphatic rings. The Labute approximate surface area is 137 Å². The monoisotopic (exact) mass is 315 g/mol. The highest BCUT2D eigenvalue weighted by molar-refractivity contribution is 5.78. The largest absolute Gasteiger partial charge is 0.481 e. The van der Waals surface area contributed by atoms with Gasteiger partial charge in [-0.25, -0.2) is 0 Å². The maximum absolute atomic E-state index is 12.3. The van der Waals surface area contributed by atoms with Gasteiger partial charge >= 0.3 is 5.97 Å². The number of hydrogen-bond acceptors (Lipinski definition) is 2. The Morgan fingerprint density at radius 2 is 2.04 bits per heavy atom. The molecule has 0 saturated carbocycles. The molecule has 4 nitrogen and oxygen atoms in total. The first-order chi connectivity index (χ1) is 11.0. The number of carbonyl (C=O) groups is 2. The van der Waals surface area contributed by atoms with Gasteiger partial charge in [0, 0.05) is 25.9 Å². The van der Waals surface area contributed by atoms with Crippen LogP contribution >= 0.6 is 0 Å². The van der Waals surface area contributed by atoms with Crippen LogP contribution in [0, 0.1) is 12.8 Å². The predicted molar refractivity (Wildman–Crippen MR) is 91.0 cm³/mol. The molecule has 1 saturated heterocycles. The summed E-state index contributed by atoms with van der Waals surface area (Å²) in [5.74, 6) is -0.298. The van der Waals surface area contributed by atoms with Crippen molar-refractivity contribution in [3.63, 3.8) is 0 Å². The maximum Gasteiger partial charge on any atom is 0.303 e. The highest BCUT2D eigenvalue weighted by Gasteiger charge is 2.23. The molecule has 0 spiro atoms. The number of aliphatic carboxylic acids is 1. The van der Waals surface area contributed by atoms with E-state index in [0.717, 1.165) is 24.9 Å². The lowest BCUT2D eigenvalue weighted by molar-refractivity contribution is -0.137. The van der Waals surface area contributed by atoms with E-state index in [2.05, 4.69) is 12.1 Å². The lowest BCUT2D eigenvalue weighted by Crippen LogP contribution is -2.39. The molecule has 1 N–H and O–H groups in total. The number of piperidine rings is 1. The lowest BCUT2D eigenvalue weighted by Gasteiger charge is -2.32. The van der Waals surface area contributed by atoms with E-state index in [-0.39, 0.29) is 12.3 Å². The second-order valence-electron chi connectivity index (χ2n) is 6.30. The smallest absolute Gasteiger partial charge is 0.303 e. The van der Waals surface area contributed by atoms with Crippen molar-refractivity contribution in [2.24, 2.45) is 5.92 Å². The number of nitrogens with zero attached hydrogens (tertiary/aromatic N) is 1. The van der Waals surface area contributed by atoms with E-state index >= 15 is 0 Å². The number of rotatable bonds is 6. The van der Waals surface area contributed by atoms with Crippen LogP contribution in [0.2, 0.25) is 0 Å². The topological polar surface area (TPSA) is 57.6 Å². The van der Waals surface area contributed by atoms with Crippen LogP contribution in [0.25, 0.3) is 6.08 Å². The third kappa shape index (κ3) is 5.89. The van der Waals surface area contributed by atoms with E-state index in [4.69, 9.17) is 5.11 Å². The number of carboxylic acids is 1. The molecule has 2 rings (SSSR count). The van der Waals surface area contributed by atoms with Crippen LogP contribution in [0.3, 0.4) is 0 Å². The quantitative estimate of drug-likeness (QED) is 0.874. The van der Waals surface area contributed by atoms with Crippen molar-refractivity contribution in [3.8, 4) is 0 Å². The van der Waals surface area contributed by atoms with Crippen LogP contribution in [0.5, 0.6) is 0 Å². The summed E-state index contributed by atoms with van der Waals surface area (Å²) in [5, 5.41) is 8.77. The molecule has 1 atom stereocenters. The molecule has 0 aromatic heterocycles. The van der Waals surface area contributed by atoms with E-state index in [1.807, 2.05) is 36.1 Å². The molecular weight excluding hydrogens is 290 g/mol. The van der Waals surface area contributed by atoms with Crippen LogP contribution in [0.1, 0.15) is 43.2 Å². The van der Waals surface area contributed by atoms with Gasteiger partial charge < -0.3 is 10.0 Å². The molecule has 1 amide bonds. The van der Waals surface area contributed by atoms with Gasteiger partial charge in [-0.3, -0.25) is 9.59 Å². The number of likely N-dealkylation sites (tertiary alicyclic amines) is 1. The van der Waals surface area contributed by atoms with Crippen LogP contribution in [0.15, 0.2) is 30.3 Å². The lowest BCUT2D eigenvalue weighted by atomic mass is 9.93.